The van der Waals surface area contributed by atoms with Crippen LogP contribution in [0.25, 0.3) is 0 Å². The number of unbranched alkanes of at least 4 members (excludes halogenated alkanes) is 3. The summed E-state index contributed by atoms with van der Waals surface area (Å²) in [4.78, 5) is 0. The first-order chi connectivity index (χ1) is 5.15. The summed E-state index contributed by atoms with van der Waals surface area (Å²) in [5.41, 5.74) is 3.76. The molecular formula is C6H16Cl3CuN. The molecule has 0 radical (unpaired) electrons. The molecule has 0 bridgehead atoms. The van der Waals surface area contributed by atoms with Crippen molar-refractivity contribution in [1.82, 2.24) is 0 Å². The van der Waals surface area contributed by atoms with E-state index in [1.165, 1.54) is 25.7 Å². The summed E-state index contributed by atoms with van der Waals surface area (Å²) in [7, 11) is 14.5. The van der Waals surface area contributed by atoms with E-state index in [9.17, 15) is 0 Å². The third-order valence-electron chi connectivity index (χ3n) is 1.10. The fourth-order valence-corrected chi connectivity index (χ4v) is 0.604. The van der Waals surface area contributed by atoms with Gasteiger partial charge in [0.25, 0.3) is 0 Å². The summed E-state index contributed by atoms with van der Waals surface area (Å²) in [5, 5.41) is 0. The van der Waals surface area contributed by atoms with Gasteiger partial charge in [0, 0.05) is 0 Å². The van der Waals surface area contributed by atoms with Crippen molar-refractivity contribution in [2.75, 3.05) is 6.54 Å². The Morgan fingerprint density at radius 1 is 1.09 bits per heavy atom. The van der Waals surface area contributed by atoms with Gasteiger partial charge < -0.3 is 5.73 Å². The first-order valence-corrected chi connectivity index (χ1v) is 7.44. The average Bonchev–Trinajstić information content (AvgIpc) is 1.88. The molecule has 77 valence electrons. The van der Waals surface area contributed by atoms with Crippen LogP contribution in [0.4, 0.5) is 0 Å². The number of hydrogen-bond donors (Lipinski definition) is 1. The standard InChI is InChI=1S/C6H15N.3ClH.Cu/c1-2-3-4-5-6-7;;;;/h2-7H2,1H3;3*1H;/q;;;;+2/p-2. The summed E-state index contributed by atoms with van der Waals surface area (Å²) < 4.78 is 0. The van der Waals surface area contributed by atoms with Gasteiger partial charge in [-0.2, -0.15) is 0 Å². The van der Waals surface area contributed by atoms with Crippen LogP contribution < -0.4 is 5.73 Å². The zero-order valence-electron chi connectivity index (χ0n) is 6.68. The molecule has 0 aliphatic carbocycles. The molecule has 0 aliphatic rings. The summed E-state index contributed by atoms with van der Waals surface area (Å²) in [6, 6.07) is 0. The Labute approximate surface area is 86.1 Å². The molecule has 0 aromatic rings. The molecule has 0 atom stereocenters. The number of rotatable bonds is 4. The van der Waals surface area contributed by atoms with Crippen LogP contribution in [0.1, 0.15) is 32.6 Å². The zero-order chi connectivity index (χ0) is 9.11. The van der Waals surface area contributed by atoms with Gasteiger partial charge >= 0.3 is 41.5 Å². The minimum atomic E-state index is -0.896. The van der Waals surface area contributed by atoms with E-state index in [0.29, 0.717) is 0 Å². The monoisotopic (exact) mass is 270 g/mol. The van der Waals surface area contributed by atoms with Gasteiger partial charge in [0.05, 0.1) is 6.54 Å². The Morgan fingerprint density at radius 2 is 1.55 bits per heavy atom. The van der Waals surface area contributed by atoms with Crippen molar-refractivity contribution in [2.45, 2.75) is 32.6 Å². The van der Waals surface area contributed by atoms with Gasteiger partial charge in [0.2, 0.25) is 0 Å². The zero-order valence-corrected chi connectivity index (χ0v) is 9.89. The maximum absolute atomic E-state index is 4.83. The molecule has 0 spiro atoms. The van der Waals surface area contributed by atoms with E-state index in [4.69, 9.17) is 30.3 Å². The van der Waals surface area contributed by atoms with Crippen molar-refractivity contribution >= 4 is 30.3 Å². The van der Waals surface area contributed by atoms with Crippen LogP contribution in [0.3, 0.4) is 0 Å². The molecule has 0 saturated heterocycles. The summed E-state index contributed by atoms with van der Waals surface area (Å²) >= 11 is -0.896. The fraction of sp³-hybridized carbons (Fsp3) is 1.00. The Morgan fingerprint density at radius 3 is 1.82 bits per heavy atom. The average molecular weight is 272 g/mol. The third kappa shape index (κ3) is 34.7. The van der Waals surface area contributed by atoms with Crippen LogP contribution in [0, 0.1) is 0 Å². The van der Waals surface area contributed by atoms with E-state index < -0.39 is 11.2 Å². The van der Waals surface area contributed by atoms with Crippen LogP contribution in [-0.4, -0.2) is 6.54 Å². The Kier molecular flexibility index (Phi) is 18.8. The SMILES string of the molecule is CCCCCC[NH3+].[Cl][Cu-]([Cl])[Cl]. The van der Waals surface area contributed by atoms with E-state index in [2.05, 4.69) is 12.7 Å². The second-order valence-corrected chi connectivity index (χ2v) is 6.71. The molecule has 0 aromatic heterocycles. The van der Waals surface area contributed by atoms with Gasteiger partial charge in [-0.05, 0) is 12.8 Å². The van der Waals surface area contributed by atoms with Crippen molar-refractivity contribution in [2.24, 2.45) is 0 Å². The first-order valence-electron chi connectivity index (χ1n) is 3.55. The van der Waals surface area contributed by atoms with Crippen molar-refractivity contribution < 1.29 is 16.9 Å². The summed E-state index contributed by atoms with van der Waals surface area (Å²) in [5.74, 6) is 0. The topological polar surface area (TPSA) is 27.6 Å². The number of hydrogen-bond acceptors (Lipinski definition) is 0. The van der Waals surface area contributed by atoms with Crippen LogP contribution in [0.2, 0.25) is 0 Å². The molecule has 0 aromatic carbocycles. The number of quaternary nitrogens is 1. The van der Waals surface area contributed by atoms with Crippen molar-refractivity contribution in [3.05, 3.63) is 0 Å². The summed E-state index contributed by atoms with van der Waals surface area (Å²) in [6.45, 7) is 3.34. The van der Waals surface area contributed by atoms with E-state index in [1.807, 2.05) is 0 Å². The Bertz CT molecular complexity index is 57.0. The van der Waals surface area contributed by atoms with Crippen LogP contribution in [0.5, 0.6) is 0 Å². The molecule has 0 amide bonds. The van der Waals surface area contributed by atoms with E-state index >= 15 is 0 Å². The van der Waals surface area contributed by atoms with Gasteiger partial charge in [-0.1, -0.05) is 19.8 Å². The van der Waals surface area contributed by atoms with Crippen molar-refractivity contribution in [3.8, 4) is 0 Å². The van der Waals surface area contributed by atoms with E-state index in [-0.39, 0.29) is 0 Å². The maximum atomic E-state index is 4.83. The Hall–Kier alpha value is 1.35. The third-order valence-corrected chi connectivity index (χ3v) is 1.10. The minimum absolute atomic E-state index is 0.896. The van der Waals surface area contributed by atoms with Crippen LogP contribution in [-0.2, 0) is 11.2 Å². The van der Waals surface area contributed by atoms with Crippen molar-refractivity contribution in [3.63, 3.8) is 0 Å². The molecule has 0 saturated carbocycles. The van der Waals surface area contributed by atoms with E-state index in [0.717, 1.165) is 6.54 Å². The molecule has 3 N–H and O–H groups in total. The predicted molar refractivity (Wildman–Crippen MR) is 49.5 cm³/mol. The van der Waals surface area contributed by atoms with Gasteiger partial charge in [-0.15, -0.1) is 0 Å². The first kappa shape index (κ1) is 14.9. The normalized spacial score (nSPS) is 10.1. The summed E-state index contributed by atoms with van der Waals surface area (Å²) in [6.07, 6.45) is 5.41. The molecule has 11 heavy (non-hydrogen) atoms. The van der Waals surface area contributed by atoms with E-state index in [1.54, 1.807) is 0 Å². The predicted octanol–water partition coefficient (Wildman–Crippen LogP) is 2.87. The fourth-order valence-electron chi connectivity index (χ4n) is 0.604. The van der Waals surface area contributed by atoms with Crippen LogP contribution >= 0.6 is 30.3 Å². The second-order valence-electron chi connectivity index (χ2n) is 2.04. The van der Waals surface area contributed by atoms with Gasteiger partial charge in [0.15, 0.2) is 0 Å². The second kappa shape index (κ2) is 13.9. The molecule has 0 rings (SSSR count). The molecule has 1 nitrogen and oxygen atoms in total. The van der Waals surface area contributed by atoms with Crippen LogP contribution in [0.15, 0.2) is 0 Å². The molecule has 0 heterocycles. The number of halogens is 3. The molecular weight excluding hydrogens is 256 g/mol. The van der Waals surface area contributed by atoms with Gasteiger partial charge in [0.1, 0.15) is 0 Å². The molecule has 0 fully saturated rings. The Balaban J connectivity index is 0. The molecule has 0 unspecified atom stereocenters. The molecule has 0 aliphatic heterocycles. The van der Waals surface area contributed by atoms with Gasteiger partial charge in [-0.3, -0.25) is 0 Å². The molecule has 5 heteroatoms. The van der Waals surface area contributed by atoms with Gasteiger partial charge in [-0.25, -0.2) is 0 Å². The quantitative estimate of drug-likeness (QED) is 0.602. The van der Waals surface area contributed by atoms with Crippen molar-refractivity contribution in [1.29, 1.82) is 0 Å².